The summed E-state index contributed by atoms with van der Waals surface area (Å²) >= 11 is 0. The first-order chi connectivity index (χ1) is 12.5. The van der Waals surface area contributed by atoms with E-state index in [0.29, 0.717) is 16.7 Å². The van der Waals surface area contributed by atoms with Crippen molar-refractivity contribution in [2.24, 2.45) is 0 Å². The number of hydrogen-bond acceptors (Lipinski definition) is 4. The maximum atomic E-state index is 12.3. The number of carbonyl (C=O) groups is 4. The molecule has 6 nitrogen and oxygen atoms in total. The SMILES string of the molecule is O=C1C=C(c2cccc(-c3ccccc3)c2C2=CC(=O)NC2=O)C(=O)N1. The van der Waals surface area contributed by atoms with E-state index in [4.69, 9.17) is 0 Å². The number of benzene rings is 2. The maximum absolute atomic E-state index is 12.3. The summed E-state index contributed by atoms with van der Waals surface area (Å²) in [7, 11) is 0. The molecule has 4 amide bonds. The largest absolute Gasteiger partial charge is 0.289 e. The average molecular weight is 344 g/mol. The van der Waals surface area contributed by atoms with Crippen LogP contribution in [0.4, 0.5) is 0 Å². The Morgan fingerprint density at radius 3 is 1.73 bits per heavy atom. The minimum atomic E-state index is -0.537. The summed E-state index contributed by atoms with van der Waals surface area (Å²) in [4.78, 5) is 47.7. The van der Waals surface area contributed by atoms with E-state index in [0.717, 1.165) is 5.56 Å². The summed E-state index contributed by atoms with van der Waals surface area (Å²) in [5.74, 6) is -2.10. The van der Waals surface area contributed by atoms with Gasteiger partial charge in [0.25, 0.3) is 23.6 Å². The highest BCUT2D eigenvalue weighted by Crippen LogP contribution is 2.37. The number of imide groups is 2. The molecule has 2 aliphatic rings. The molecule has 0 aromatic heterocycles. The Morgan fingerprint density at radius 2 is 1.15 bits per heavy atom. The lowest BCUT2D eigenvalue weighted by Gasteiger charge is -2.15. The van der Waals surface area contributed by atoms with Gasteiger partial charge in [-0.2, -0.15) is 0 Å². The Labute approximate surface area is 148 Å². The second kappa shape index (κ2) is 5.93. The molecule has 0 radical (unpaired) electrons. The molecule has 0 saturated carbocycles. The van der Waals surface area contributed by atoms with E-state index in [-0.39, 0.29) is 11.1 Å². The van der Waals surface area contributed by atoms with Crippen LogP contribution in [-0.4, -0.2) is 23.6 Å². The lowest BCUT2D eigenvalue weighted by atomic mass is 9.87. The van der Waals surface area contributed by atoms with Crippen LogP contribution in [0, 0.1) is 0 Å². The standard InChI is InChI=1S/C20H12N2O4/c23-16-9-14(19(25)21-16)13-8-4-7-12(11-5-2-1-3-6-11)18(13)15-10-17(24)22-20(15)26/h1-10H,(H,21,23,25)(H,22,24,26). The molecule has 0 bridgehead atoms. The van der Waals surface area contributed by atoms with Crippen LogP contribution >= 0.6 is 0 Å². The Morgan fingerprint density at radius 1 is 0.577 bits per heavy atom. The van der Waals surface area contributed by atoms with Crippen molar-refractivity contribution in [1.82, 2.24) is 10.6 Å². The second-order valence-electron chi connectivity index (χ2n) is 5.85. The van der Waals surface area contributed by atoms with E-state index >= 15 is 0 Å². The predicted molar refractivity (Wildman–Crippen MR) is 94.1 cm³/mol. The highest BCUT2D eigenvalue weighted by molar-refractivity contribution is 6.38. The van der Waals surface area contributed by atoms with Crippen molar-refractivity contribution in [3.63, 3.8) is 0 Å². The minimum absolute atomic E-state index is 0.163. The normalized spacial score (nSPS) is 16.3. The van der Waals surface area contributed by atoms with Crippen molar-refractivity contribution in [1.29, 1.82) is 0 Å². The summed E-state index contributed by atoms with van der Waals surface area (Å²) < 4.78 is 0. The summed E-state index contributed by atoms with van der Waals surface area (Å²) in [6.07, 6.45) is 2.41. The fraction of sp³-hybridized carbons (Fsp3) is 0. The van der Waals surface area contributed by atoms with Gasteiger partial charge in [0, 0.05) is 17.7 Å². The molecule has 0 unspecified atom stereocenters. The molecule has 0 atom stereocenters. The van der Waals surface area contributed by atoms with Gasteiger partial charge in [-0.25, -0.2) is 0 Å². The molecule has 0 saturated heterocycles. The van der Waals surface area contributed by atoms with E-state index < -0.39 is 23.6 Å². The molecule has 0 aliphatic carbocycles. The highest BCUT2D eigenvalue weighted by Gasteiger charge is 2.31. The molecule has 4 rings (SSSR count). The Hall–Kier alpha value is -3.80. The molecule has 2 heterocycles. The van der Waals surface area contributed by atoms with E-state index in [1.807, 2.05) is 30.3 Å². The Bertz CT molecular complexity index is 1050. The summed E-state index contributed by atoms with van der Waals surface area (Å²) in [5.41, 5.74) is 2.70. The van der Waals surface area contributed by atoms with Crippen molar-refractivity contribution in [3.05, 3.63) is 71.8 Å². The first kappa shape index (κ1) is 15.7. The van der Waals surface area contributed by atoms with Gasteiger partial charge in [-0.05, 0) is 16.7 Å². The number of carbonyl (C=O) groups excluding carboxylic acids is 4. The molecule has 2 aromatic rings. The molecule has 126 valence electrons. The van der Waals surface area contributed by atoms with Gasteiger partial charge < -0.3 is 0 Å². The van der Waals surface area contributed by atoms with Gasteiger partial charge in [0.15, 0.2) is 0 Å². The van der Waals surface area contributed by atoms with E-state index in [1.54, 1.807) is 18.2 Å². The number of rotatable bonds is 3. The van der Waals surface area contributed by atoms with Gasteiger partial charge >= 0.3 is 0 Å². The molecule has 2 N–H and O–H groups in total. The molecule has 26 heavy (non-hydrogen) atoms. The highest BCUT2D eigenvalue weighted by atomic mass is 16.2. The number of hydrogen-bond donors (Lipinski definition) is 2. The first-order valence-electron chi connectivity index (χ1n) is 7.88. The average Bonchev–Trinajstić information content (AvgIpc) is 3.15. The zero-order valence-electron chi connectivity index (χ0n) is 13.4. The summed E-state index contributed by atoms with van der Waals surface area (Å²) in [6, 6.07) is 14.5. The summed E-state index contributed by atoms with van der Waals surface area (Å²) in [5, 5.41) is 4.43. The van der Waals surface area contributed by atoms with Crippen molar-refractivity contribution in [2.75, 3.05) is 0 Å². The monoisotopic (exact) mass is 344 g/mol. The fourth-order valence-electron chi connectivity index (χ4n) is 3.13. The van der Waals surface area contributed by atoms with Crippen LogP contribution in [0.2, 0.25) is 0 Å². The van der Waals surface area contributed by atoms with Crippen LogP contribution < -0.4 is 10.6 Å². The molecular formula is C20H12N2O4. The lowest BCUT2D eigenvalue weighted by molar-refractivity contribution is -0.124. The fourth-order valence-corrected chi connectivity index (χ4v) is 3.13. The third-order valence-corrected chi connectivity index (χ3v) is 4.22. The van der Waals surface area contributed by atoms with Crippen molar-refractivity contribution in [2.45, 2.75) is 0 Å². The van der Waals surface area contributed by atoms with Crippen molar-refractivity contribution in [3.8, 4) is 11.1 Å². The maximum Gasteiger partial charge on any atom is 0.258 e. The smallest absolute Gasteiger partial charge is 0.258 e. The van der Waals surface area contributed by atoms with Crippen LogP contribution in [0.3, 0.4) is 0 Å². The predicted octanol–water partition coefficient (Wildman–Crippen LogP) is 1.43. The van der Waals surface area contributed by atoms with Crippen molar-refractivity contribution >= 4 is 34.8 Å². The lowest BCUT2D eigenvalue weighted by Crippen LogP contribution is -2.23. The molecule has 0 spiro atoms. The number of nitrogens with one attached hydrogen (secondary N) is 2. The van der Waals surface area contributed by atoms with Crippen LogP contribution in [0.25, 0.3) is 22.3 Å². The van der Waals surface area contributed by atoms with Crippen LogP contribution in [0.15, 0.2) is 60.7 Å². The first-order valence-corrected chi connectivity index (χ1v) is 7.88. The zero-order chi connectivity index (χ0) is 18.3. The third kappa shape index (κ3) is 2.53. The molecular weight excluding hydrogens is 332 g/mol. The van der Waals surface area contributed by atoms with Crippen LogP contribution in [0.1, 0.15) is 11.1 Å². The van der Waals surface area contributed by atoms with Crippen molar-refractivity contribution < 1.29 is 19.2 Å². The van der Waals surface area contributed by atoms with E-state index in [9.17, 15) is 19.2 Å². The van der Waals surface area contributed by atoms with Gasteiger partial charge in [0.2, 0.25) is 0 Å². The summed E-state index contributed by atoms with van der Waals surface area (Å²) in [6.45, 7) is 0. The van der Waals surface area contributed by atoms with Gasteiger partial charge in [0.1, 0.15) is 0 Å². The van der Waals surface area contributed by atoms with Crippen LogP contribution in [-0.2, 0) is 19.2 Å². The van der Waals surface area contributed by atoms with Gasteiger partial charge in [-0.3, -0.25) is 29.8 Å². The zero-order valence-corrected chi connectivity index (χ0v) is 13.4. The van der Waals surface area contributed by atoms with Gasteiger partial charge in [-0.1, -0.05) is 48.5 Å². The Balaban J connectivity index is 2.02. The quantitative estimate of drug-likeness (QED) is 0.824. The van der Waals surface area contributed by atoms with Gasteiger partial charge in [0.05, 0.1) is 11.1 Å². The van der Waals surface area contributed by atoms with Gasteiger partial charge in [-0.15, -0.1) is 0 Å². The minimum Gasteiger partial charge on any atom is -0.289 e. The molecule has 6 heteroatoms. The topological polar surface area (TPSA) is 92.3 Å². The molecule has 0 fully saturated rings. The van der Waals surface area contributed by atoms with E-state index in [2.05, 4.69) is 10.6 Å². The Kier molecular flexibility index (Phi) is 3.58. The number of amides is 4. The van der Waals surface area contributed by atoms with E-state index in [1.165, 1.54) is 12.2 Å². The van der Waals surface area contributed by atoms with Crippen LogP contribution in [0.5, 0.6) is 0 Å². The third-order valence-electron chi connectivity index (χ3n) is 4.22. The molecule has 2 aliphatic heterocycles. The molecule has 2 aromatic carbocycles. The second-order valence-corrected chi connectivity index (χ2v) is 5.85.